The van der Waals surface area contributed by atoms with E-state index in [-0.39, 0.29) is 12.6 Å². The first-order valence-electron chi connectivity index (χ1n) is 6.89. The molecule has 0 amide bonds. The van der Waals surface area contributed by atoms with Crippen LogP contribution in [0.15, 0.2) is 42.7 Å². The number of pyridine rings is 1. The van der Waals surface area contributed by atoms with Gasteiger partial charge in [0.15, 0.2) is 5.75 Å². The highest BCUT2D eigenvalue weighted by molar-refractivity contribution is 5.85. The van der Waals surface area contributed by atoms with Crippen molar-refractivity contribution >= 4 is 10.9 Å². The van der Waals surface area contributed by atoms with E-state index in [2.05, 4.69) is 23.9 Å². The van der Waals surface area contributed by atoms with Gasteiger partial charge in [-0.25, -0.2) is 0 Å². The Morgan fingerprint density at radius 3 is 2.81 bits per heavy atom. The predicted molar refractivity (Wildman–Crippen MR) is 80.4 cm³/mol. The van der Waals surface area contributed by atoms with Gasteiger partial charge in [0.1, 0.15) is 5.75 Å². The molecule has 0 radical (unpaired) electrons. The molecule has 0 aliphatic carbocycles. The van der Waals surface area contributed by atoms with Gasteiger partial charge in [0.2, 0.25) is 0 Å². The fourth-order valence-corrected chi connectivity index (χ4v) is 2.14. The van der Waals surface area contributed by atoms with Gasteiger partial charge in [0.05, 0.1) is 30.2 Å². The highest BCUT2D eigenvalue weighted by Gasteiger charge is 2.09. The number of benzene rings is 1. The summed E-state index contributed by atoms with van der Waals surface area (Å²) >= 11 is 0. The van der Waals surface area contributed by atoms with Crippen molar-refractivity contribution < 1.29 is 9.84 Å². The zero-order chi connectivity index (χ0) is 14.8. The van der Waals surface area contributed by atoms with Crippen LogP contribution in [-0.2, 0) is 6.61 Å². The number of aromatic nitrogens is 3. The second-order valence-electron chi connectivity index (χ2n) is 5.14. The van der Waals surface area contributed by atoms with Crippen LogP contribution in [0.4, 0.5) is 0 Å². The summed E-state index contributed by atoms with van der Waals surface area (Å²) in [4.78, 5) is 4.38. The molecule has 2 aromatic heterocycles. The molecule has 0 atom stereocenters. The van der Waals surface area contributed by atoms with Gasteiger partial charge < -0.3 is 9.84 Å². The molecule has 0 aliphatic rings. The van der Waals surface area contributed by atoms with Crippen LogP contribution in [0.25, 0.3) is 10.9 Å². The molecule has 5 nitrogen and oxygen atoms in total. The number of ether oxygens (including phenoxy) is 1. The summed E-state index contributed by atoms with van der Waals surface area (Å²) in [5, 5.41) is 14.5. The van der Waals surface area contributed by atoms with E-state index in [4.69, 9.17) is 4.74 Å². The number of rotatable bonds is 4. The van der Waals surface area contributed by atoms with Crippen molar-refractivity contribution in [2.45, 2.75) is 26.5 Å². The molecule has 0 fully saturated rings. The number of hydrogen-bond donors (Lipinski definition) is 1. The van der Waals surface area contributed by atoms with Gasteiger partial charge in [-0.15, -0.1) is 0 Å². The van der Waals surface area contributed by atoms with E-state index in [9.17, 15) is 5.11 Å². The Morgan fingerprint density at radius 1 is 1.29 bits per heavy atom. The molecule has 0 bridgehead atoms. The second-order valence-corrected chi connectivity index (χ2v) is 5.14. The van der Waals surface area contributed by atoms with Crippen molar-refractivity contribution in [2.75, 3.05) is 0 Å². The lowest BCUT2D eigenvalue weighted by Gasteiger charge is -2.09. The number of hydrogen-bond acceptors (Lipinski definition) is 4. The topological polar surface area (TPSA) is 60.2 Å². The highest BCUT2D eigenvalue weighted by Crippen LogP contribution is 2.30. The molecule has 2 heterocycles. The van der Waals surface area contributed by atoms with Crippen LogP contribution in [0, 0.1) is 0 Å². The minimum Gasteiger partial charge on any atom is -0.453 e. The minimum atomic E-state index is -0.119. The third-order valence-electron chi connectivity index (χ3n) is 3.23. The van der Waals surface area contributed by atoms with Crippen LogP contribution in [0.3, 0.4) is 0 Å². The van der Waals surface area contributed by atoms with E-state index in [1.165, 1.54) is 0 Å². The van der Waals surface area contributed by atoms with Crippen molar-refractivity contribution in [3.63, 3.8) is 0 Å². The van der Waals surface area contributed by atoms with Gasteiger partial charge in [-0.1, -0.05) is 12.1 Å². The Morgan fingerprint density at radius 2 is 2.10 bits per heavy atom. The largest absolute Gasteiger partial charge is 0.453 e. The van der Waals surface area contributed by atoms with Gasteiger partial charge in [0.25, 0.3) is 0 Å². The third-order valence-corrected chi connectivity index (χ3v) is 3.23. The normalized spacial score (nSPS) is 11.2. The lowest BCUT2D eigenvalue weighted by molar-refractivity contribution is 0.277. The average Bonchev–Trinajstić information content (AvgIpc) is 2.96. The van der Waals surface area contributed by atoms with Crippen molar-refractivity contribution in [1.29, 1.82) is 0 Å². The molecule has 108 valence electrons. The van der Waals surface area contributed by atoms with Gasteiger partial charge in [0, 0.05) is 17.5 Å². The highest BCUT2D eigenvalue weighted by atomic mass is 16.5. The molecule has 3 aromatic rings. The summed E-state index contributed by atoms with van der Waals surface area (Å²) in [5.74, 6) is 1.34. The maximum atomic E-state index is 9.33. The van der Waals surface area contributed by atoms with Crippen molar-refractivity contribution in [3.05, 3.63) is 48.4 Å². The van der Waals surface area contributed by atoms with E-state index in [0.29, 0.717) is 17.2 Å². The van der Waals surface area contributed by atoms with Gasteiger partial charge >= 0.3 is 0 Å². The smallest absolute Gasteiger partial charge is 0.165 e. The molecule has 0 saturated heterocycles. The fourth-order valence-electron chi connectivity index (χ4n) is 2.14. The van der Waals surface area contributed by atoms with E-state index < -0.39 is 0 Å². The van der Waals surface area contributed by atoms with Crippen molar-refractivity contribution in [1.82, 2.24) is 14.8 Å². The molecular formula is C16H17N3O2. The number of nitrogens with zero attached hydrogens (tertiary/aromatic N) is 3. The monoisotopic (exact) mass is 283 g/mol. The standard InChI is InChI=1S/C16H17N3O2/c1-11(2)19-9-13(8-17-19)21-16-7-12(10-20)18-15-6-4-3-5-14(15)16/h3-9,11,20H,10H2,1-2H3. The molecule has 1 N–H and O–H groups in total. The van der Waals surface area contributed by atoms with Crippen LogP contribution in [0.1, 0.15) is 25.6 Å². The van der Waals surface area contributed by atoms with Gasteiger partial charge in [-0.05, 0) is 26.0 Å². The molecule has 0 aliphatic heterocycles. The summed E-state index contributed by atoms with van der Waals surface area (Å²) in [6, 6.07) is 9.74. The quantitative estimate of drug-likeness (QED) is 0.798. The van der Waals surface area contributed by atoms with E-state index >= 15 is 0 Å². The number of aliphatic hydroxyl groups is 1. The van der Waals surface area contributed by atoms with Crippen LogP contribution >= 0.6 is 0 Å². The Hall–Kier alpha value is -2.40. The first-order valence-corrected chi connectivity index (χ1v) is 6.89. The molecule has 1 aromatic carbocycles. The molecule has 0 unspecified atom stereocenters. The van der Waals surface area contributed by atoms with E-state index in [1.54, 1.807) is 12.3 Å². The van der Waals surface area contributed by atoms with Gasteiger partial charge in [-0.3, -0.25) is 9.67 Å². The molecule has 3 rings (SSSR count). The van der Waals surface area contributed by atoms with Crippen LogP contribution < -0.4 is 4.74 Å². The van der Waals surface area contributed by atoms with Crippen LogP contribution in [0.2, 0.25) is 0 Å². The zero-order valence-electron chi connectivity index (χ0n) is 12.0. The Bertz CT molecular complexity index is 765. The number of aliphatic hydroxyl groups excluding tert-OH is 1. The maximum Gasteiger partial charge on any atom is 0.165 e. The number of para-hydroxylation sites is 1. The fraction of sp³-hybridized carbons (Fsp3) is 0.250. The summed E-state index contributed by atoms with van der Waals surface area (Å²) in [6.45, 7) is 4.00. The first-order chi connectivity index (χ1) is 10.2. The van der Waals surface area contributed by atoms with Crippen molar-refractivity contribution in [3.8, 4) is 11.5 Å². The van der Waals surface area contributed by atoms with Crippen molar-refractivity contribution in [2.24, 2.45) is 0 Å². The predicted octanol–water partition coefficient (Wildman–Crippen LogP) is 3.30. The Labute approximate surface area is 122 Å². The molecule has 5 heteroatoms. The second kappa shape index (κ2) is 5.54. The summed E-state index contributed by atoms with van der Waals surface area (Å²) < 4.78 is 7.77. The minimum absolute atomic E-state index is 0.119. The molecule has 21 heavy (non-hydrogen) atoms. The van der Waals surface area contributed by atoms with Gasteiger partial charge in [-0.2, -0.15) is 5.10 Å². The molecule has 0 spiro atoms. The van der Waals surface area contributed by atoms with Crippen LogP contribution in [0.5, 0.6) is 11.5 Å². The third kappa shape index (κ3) is 2.73. The van der Waals surface area contributed by atoms with Crippen LogP contribution in [-0.4, -0.2) is 19.9 Å². The Kier molecular flexibility index (Phi) is 3.58. The lowest BCUT2D eigenvalue weighted by Crippen LogP contribution is -1.99. The van der Waals surface area contributed by atoms with E-state index in [1.807, 2.05) is 35.1 Å². The number of fused-ring (bicyclic) bond motifs is 1. The first kappa shape index (κ1) is 13.6. The summed E-state index contributed by atoms with van der Waals surface area (Å²) in [6.07, 6.45) is 3.55. The lowest BCUT2D eigenvalue weighted by atomic mass is 10.2. The Balaban J connectivity index is 2.02. The SMILES string of the molecule is CC(C)n1cc(Oc2cc(CO)nc3ccccc23)cn1. The maximum absolute atomic E-state index is 9.33. The van der Waals surface area contributed by atoms with E-state index in [0.717, 1.165) is 10.9 Å². The molecule has 0 saturated carbocycles. The zero-order valence-corrected chi connectivity index (χ0v) is 12.0. The average molecular weight is 283 g/mol. The summed E-state index contributed by atoms with van der Waals surface area (Å²) in [7, 11) is 0. The molecular weight excluding hydrogens is 266 g/mol. The summed E-state index contributed by atoms with van der Waals surface area (Å²) in [5.41, 5.74) is 1.38.